The number of hydrogen-bond acceptors (Lipinski definition) is 4. The SMILES string of the molecule is C[C@H](c1ccccn1)S(=O)(=O)N(C)C1CCNCC1. The summed E-state index contributed by atoms with van der Waals surface area (Å²) in [4.78, 5) is 4.15. The van der Waals surface area contributed by atoms with Crippen molar-refractivity contribution < 1.29 is 8.42 Å². The molecule has 2 rings (SSSR count). The number of aromatic nitrogens is 1. The third kappa shape index (κ3) is 3.13. The summed E-state index contributed by atoms with van der Waals surface area (Å²) < 4.78 is 26.7. The maximum absolute atomic E-state index is 12.6. The lowest BCUT2D eigenvalue weighted by Crippen LogP contribution is -2.45. The maximum atomic E-state index is 12.6. The fourth-order valence-corrected chi connectivity index (χ4v) is 3.97. The van der Waals surface area contributed by atoms with Gasteiger partial charge in [0.25, 0.3) is 0 Å². The van der Waals surface area contributed by atoms with Crippen molar-refractivity contribution in [1.29, 1.82) is 0 Å². The predicted octanol–water partition coefficient (Wildman–Crippen LogP) is 1.16. The lowest BCUT2D eigenvalue weighted by molar-refractivity contribution is 0.294. The van der Waals surface area contributed by atoms with Gasteiger partial charge in [0.15, 0.2) is 0 Å². The minimum Gasteiger partial charge on any atom is -0.317 e. The van der Waals surface area contributed by atoms with Gasteiger partial charge in [0.2, 0.25) is 10.0 Å². The van der Waals surface area contributed by atoms with E-state index in [0.717, 1.165) is 25.9 Å². The molecule has 1 aromatic rings. The summed E-state index contributed by atoms with van der Waals surface area (Å²) in [5, 5.41) is 2.64. The first-order chi connectivity index (χ1) is 9.03. The first kappa shape index (κ1) is 14.4. The van der Waals surface area contributed by atoms with Crippen molar-refractivity contribution in [3.05, 3.63) is 30.1 Å². The van der Waals surface area contributed by atoms with Gasteiger partial charge in [-0.1, -0.05) is 6.07 Å². The molecule has 6 heteroatoms. The van der Waals surface area contributed by atoms with Crippen molar-refractivity contribution in [2.24, 2.45) is 0 Å². The number of rotatable bonds is 4. The second-order valence-corrected chi connectivity index (χ2v) is 7.25. The van der Waals surface area contributed by atoms with Crippen LogP contribution in [0.2, 0.25) is 0 Å². The van der Waals surface area contributed by atoms with Gasteiger partial charge in [-0.15, -0.1) is 0 Å². The topological polar surface area (TPSA) is 62.3 Å². The van der Waals surface area contributed by atoms with Gasteiger partial charge in [0, 0.05) is 19.3 Å². The van der Waals surface area contributed by atoms with Gasteiger partial charge in [0.1, 0.15) is 5.25 Å². The molecule has 1 saturated heterocycles. The van der Waals surface area contributed by atoms with E-state index in [4.69, 9.17) is 0 Å². The number of pyridine rings is 1. The van der Waals surface area contributed by atoms with E-state index in [0.29, 0.717) is 5.69 Å². The highest BCUT2D eigenvalue weighted by molar-refractivity contribution is 7.89. The molecule has 0 radical (unpaired) electrons. The van der Waals surface area contributed by atoms with Gasteiger partial charge in [-0.2, -0.15) is 0 Å². The zero-order chi connectivity index (χ0) is 13.9. The van der Waals surface area contributed by atoms with Crippen LogP contribution in [-0.4, -0.2) is 43.9 Å². The Bertz CT molecular complexity index is 498. The van der Waals surface area contributed by atoms with Crippen molar-refractivity contribution in [2.75, 3.05) is 20.1 Å². The van der Waals surface area contributed by atoms with Crippen LogP contribution in [0.15, 0.2) is 24.4 Å². The van der Waals surface area contributed by atoms with E-state index in [9.17, 15) is 8.42 Å². The molecular formula is C13H21N3O2S. The normalized spacial score (nSPS) is 19.5. The Labute approximate surface area is 115 Å². The minimum absolute atomic E-state index is 0.0948. The quantitative estimate of drug-likeness (QED) is 0.900. The van der Waals surface area contributed by atoms with E-state index in [1.807, 2.05) is 6.07 Å². The Kier molecular flexibility index (Phi) is 4.54. The summed E-state index contributed by atoms with van der Waals surface area (Å²) in [5.74, 6) is 0. The number of nitrogens with zero attached hydrogens (tertiary/aromatic N) is 2. The molecule has 2 heterocycles. The zero-order valence-corrected chi connectivity index (χ0v) is 12.2. The van der Waals surface area contributed by atoms with Crippen LogP contribution < -0.4 is 5.32 Å². The van der Waals surface area contributed by atoms with Crippen molar-refractivity contribution >= 4 is 10.0 Å². The van der Waals surface area contributed by atoms with Gasteiger partial charge < -0.3 is 5.32 Å². The van der Waals surface area contributed by atoms with Crippen LogP contribution >= 0.6 is 0 Å². The summed E-state index contributed by atoms with van der Waals surface area (Å²) in [6.07, 6.45) is 3.36. The average molecular weight is 283 g/mol. The summed E-state index contributed by atoms with van der Waals surface area (Å²) in [6.45, 7) is 3.46. The van der Waals surface area contributed by atoms with E-state index < -0.39 is 15.3 Å². The van der Waals surface area contributed by atoms with E-state index >= 15 is 0 Å². The average Bonchev–Trinajstić information content (AvgIpc) is 2.47. The van der Waals surface area contributed by atoms with Crippen LogP contribution in [0.4, 0.5) is 0 Å². The Morgan fingerprint density at radius 2 is 2.05 bits per heavy atom. The highest BCUT2D eigenvalue weighted by Crippen LogP contribution is 2.25. The lowest BCUT2D eigenvalue weighted by atomic mass is 10.1. The zero-order valence-electron chi connectivity index (χ0n) is 11.4. The van der Waals surface area contributed by atoms with Crippen LogP contribution in [0.5, 0.6) is 0 Å². The summed E-state index contributed by atoms with van der Waals surface area (Å²) in [5.41, 5.74) is 0.600. The second-order valence-electron chi connectivity index (χ2n) is 4.94. The maximum Gasteiger partial charge on any atom is 0.222 e. The summed E-state index contributed by atoms with van der Waals surface area (Å²) in [7, 11) is -1.66. The molecule has 1 aliphatic heterocycles. The third-order valence-electron chi connectivity index (χ3n) is 3.78. The number of sulfonamides is 1. The van der Waals surface area contributed by atoms with Gasteiger partial charge in [-0.05, 0) is 45.0 Å². The van der Waals surface area contributed by atoms with Crippen LogP contribution in [-0.2, 0) is 10.0 Å². The molecule has 0 spiro atoms. The summed E-state index contributed by atoms with van der Waals surface area (Å²) in [6, 6.07) is 5.47. The Hall–Kier alpha value is -0.980. The van der Waals surface area contributed by atoms with Gasteiger partial charge in [-0.25, -0.2) is 12.7 Å². The largest absolute Gasteiger partial charge is 0.317 e. The molecule has 1 atom stereocenters. The molecule has 0 aliphatic carbocycles. The molecule has 0 saturated carbocycles. The molecular weight excluding hydrogens is 262 g/mol. The van der Waals surface area contributed by atoms with Crippen molar-refractivity contribution in [2.45, 2.75) is 31.1 Å². The minimum atomic E-state index is -3.35. The molecule has 0 unspecified atom stereocenters. The summed E-state index contributed by atoms with van der Waals surface area (Å²) >= 11 is 0. The lowest BCUT2D eigenvalue weighted by Gasteiger charge is -2.32. The molecule has 0 bridgehead atoms. The molecule has 1 N–H and O–H groups in total. The van der Waals surface area contributed by atoms with Crippen LogP contribution in [0.25, 0.3) is 0 Å². The Morgan fingerprint density at radius 1 is 1.37 bits per heavy atom. The number of piperidine rings is 1. The highest BCUT2D eigenvalue weighted by atomic mass is 32.2. The molecule has 19 heavy (non-hydrogen) atoms. The second kappa shape index (κ2) is 5.98. The Balaban J connectivity index is 2.17. The van der Waals surface area contributed by atoms with Gasteiger partial charge in [0.05, 0.1) is 5.69 Å². The van der Waals surface area contributed by atoms with Crippen molar-refractivity contribution in [1.82, 2.24) is 14.6 Å². The fraction of sp³-hybridized carbons (Fsp3) is 0.615. The van der Waals surface area contributed by atoms with Crippen molar-refractivity contribution in [3.63, 3.8) is 0 Å². The first-order valence-corrected chi connectivity index (χ1v) is 8.12. The molecule has 0 aromatic carbocycles. The molecule has 1 aromatic heterocycles. The van der Waals surface area contributed by atoms with E-state index in [2.05, 4.69) is 10.3 Å². The predicted molar refractivity (Wildman–Crippen MR) is 75.2 cm³/mol. The third-order valence-corrected chi connectivity index (χ3v) is 6.01. The first-order valence-electron chi connectivity index (χ1n) is 6.62. The number of nitrogens with one attached hydrogen (secondary N) is 1. The van der Waals surface area contributed by atoms with Crippen LogP contribution in [0, 0.1) is 0 Å². The molecule has 1 aliphatic rings. The van der Waals surface area contributed by atoms with E-state index in [1.54, 1.807) is 32.3 Å². The van der Waals surface area contributed by atoms with Crippen LogP contribution in [0.3, 0.4) is 0 Å². The van der Waals surface area contributed by atoms with Gasteiger partial charge in [-0.3, -0.25) is 4.98 Å². The fourth-order valence-electron chi connectivity index (χ4n) is 2.40. The smallest absolute Gasteiger partial charge is 0.222 e. The van der Waals surface area contributed by atoms with Crippen LogP contribution in [0.1, 0.15) is 30.7 Å². The molecule has 5 nitrogen and oxygen atoms in total. The molecule has 106 valence electrons. The number of hydrogen-bond donors (Lipinski definition) is 1. The Morgan fingerprint density at radius 3 is 2.63 bits per heavy atom. The van der Waals surface area contributed by atoms with E-state index in [1.165, 1.54) is 4.31 Å². The molecule has 1 fully saturated rings. The molecule has 0 amide bonds. The highest BCUT2D eigenvalue weighted by Gasteiger charge is 2.33. The monoisotopic (exact) mass is 283 g/mol. The van der Waals surface area contributed by atoms with E-state index in [-0.39, 0.29) is 6.04 Å². The van der Waals surface area contributed by atoms with Crippen molar-refractivity contribution in [3.8, 4) is 0 Å². The van der Waals surface area contributed by atoms with Gasteiger partial charge >= 0.3 is 0 Å². The standard InChI is InChI=1S/C13H21N3O2S/c1-11(13-5-3-4-8-15-13)19(17,18)16(2)12-6-9-14-10-7-12/h3-5,8,11-12,14H,6-7,9-10H2,1-2H3/t11-/m1/s1.